The summed E-state index contributed by atoms with van der Waals surface area (Å²) in [4.78, 5) is 12.6. The molecule has 0 spiro atoms. The fraction of sp³-hybridized carbons (Fsp3) is 0.480. The van der Waals surface area contributed by atoms with Crippen LogP contribution in [0.25, 0.3) is 0 Å². The second-order valence-electron chi connectivity index (χ2n) is 11.0. The van der Waals surface area contributed by atoms with Crippen molar-refractivity contribution in [1.29, 1.82) is 0 Å². The van der Waals surface area contributed by atoms with E-state index < -0.39 is 31.2 Å². The van der Waals surface area contributed by atoms with Crippen LogP contribution in [0, 0.1) is 5.92 Å². The molecule has 0 bridgehead atoms. The molecule has 2 rings (SSSR count). The van der Waals surface area contributed by atoms with Crippen molar-refractivity contribution in [3.63, 3.8) is 0 Å². The zero-order chi connectivity index (χ0) is 24.9. The Morgan fingerprint density at radius 1 is 0.879 bits per heavy atom. The molecule has 0 heterocycles. The Bertz CT molecular complexity index is 904. The molecular formula is C25H40O5Si3. The van der Waals surface area contributed by atoms with Crippen molar-refractivity contribution >= 4 is 31.2 Å². The Hall–Kier alpha value is -1.72. The second kappa shape index (κ2) is 11.1. The standard InChI is InChI=1S/C25H40O5Si3/c1-20(19-33(8,29-31(2,3)4)30-32(5,6)7)17-22-15-12-16-23(24(22)26)25(27)28-18-21-13-10-9-11-14-21/h9-16,20,26H,17-19H2,1-8H3. The van der Waals surface area contributed by atoms with Gasteiger partial charge >= 0.3 is 14.5 Å². The number of carbonyl (C=O) groups excluding carboxylic acids is 1. The van der Waals surface area contributed by atoms with Gasteiger partial charge in [-0.3, -0.25) is 0 Å². The smallest absolute Gasteiger partial charge is 0.342 e. The lowest BCUT2D eigenvalue weighted by molar-refractivity contribution is 0.0469. The van der Waals surface area contributed by atoms with Crippen molar-refractivity contribution < 1.29 is 22.9 Å². The molecule has 0 aliphatic rings. The van der Waals surface area contributed by atoms with Crippen LogP contribution in [-0.2, 0) is 26.0 Å². The summed E-state index contributed by atoms with van der Waals surface area (Å²) in [5.74, 6) is -0.284. The van der Waals surface area contributed by atoms with Gasteiger partial charge < -0.3 is 18.1 Å². The molecule has 5 nitrogen and oxygen atoms in total. The summed E-state index contributed by atoms with van der Waals surface area (Å²) in [6, 6.07) is 15.6. The fourth-order valence-electron chi connectivity index (χ4n) is 4.20. The number of carbonyl (C=O) groups is 1. The van der Waals surface area contributed by atoms with Gasteiger partial charge in [0.1, 0.15) is 17.9 Å². The topological polar surface area (TPSA) is 65.0 Å². The first-order chi connectivity index (χ1) is 15.2. The minimum atomic E-state index is -2.39. The molecular weight excluding hydrogens is 465 g/mol. The summed E-state index contributed by atoms with van der Waals surface area (Å²) in [6.45, 7) is 17.7. The van der Waals surface area contributed by atoms with Gasteiger partial charge in [0.15, 0.2) is 16.6 Å². The minimum Gasteiger partial charge on any atom is -0.507 e. The summed E-state index contributed by atoms with van der Waals surface area (Å²) in [5.41, 5.74) is 1.85. The molecule has 8 heteroatoms. The molecule has 0 saturated heterocycles. The number of phenols is 1. The van der Waals surface area contributed by atoms with E-state index in [1.54, 1.807) is 12.1 Å². The number of ether oxygens (including phenoxy) is 1. The third-order valence-electron chi connectivity index (χ3n) is 4.88. The Kier molecular flexibility index (Phi) is 9.29. The lowest BCUT2D eigenvalue weighted by atomic mass is 9.99. The molecule has 1 unspecified atom stereocenters. The number of esters is 1. The van der Waals surface area contributed by atoms with E-state index in [1.165, 1.54) is 0 Å². The summed E-state index contributed by atoms with van der Waals surface area (Å²) >= 11 is 0. The van der Waals surface area contributed by atoms with Crippen LogP contribution in [0.5, 0.6) is 5.75 Å². The maximum atomic E-state index is 12.6. The van der Waals surface area contributed by atoms with Crippen molar-refractivity contribution in [3.8, 4) is 5.75 Å². The Morgan fingerprint density at radius 2 is 1.45 bits per heavy atom. The maximum absolute atomic E-state index is 12.6. The summed E-state index contributed by atoms with van der Waals surface area (Å²) in [7, 11) is -5.94. The lowest BCUT2D eigenvalue weighted by Gasteiger charge is -2.39. The molecule has 1 N–H and O–H groups in total. The first-order valence-corrected chi connectivity index (χ1v) is 20.9. The highest BCUT2D eigenvalue weighted by atomic mass is 28.5. The molecule has 0 fully saturated rings. The highest BCUT2D eigenvalue weighted by molar-refractivity contribution is 6.87. The monoisotopic (exact) mass is 504 g/mol. The molecule has 33 heavy (non-hydrogen) atoms. The predicted octanol–water partition coefficient (Wildman–Crippen LogP) is 6.70. The van der Waals surface area contributed by atoms with Gasteiger partial charge in [-0.2, -0.15) is 0 Å². The molecule has 182 valence electrons. The molecule has 0 aromatic heterocycles. The third-order valence-corrected chi connectivity index (χ3v) is 14.7. The summed E-state index contributed by atoms with van der Waals surface area (Å²) in [6.07, 6.45) is 0.637. The van der Waals surface area contributed by atoms with Crippen LogP contribution in [0.3, 0.4) is 0 Å². The van der Waals surface area contributed by atoms with Crippen LogP contribution in [0.4, 0.5) is 0 Å². The van der Waals surface area contributed by atoms with Gasteiger partial charge in [0, 0.05) is 0 Å². The highest BCUT2D eigenvalue weighted by Crippen LogP contribution is 2.32. The largest absolute Gasteiger partial charge is 0.507 e. The van der Waals surface area contributed by atoms with E-state index in [0.29, 0.717) is 6.42 Å². The molecule has 0 amide bonds. The average molecular weight is 505 g/mol. The maximum Gasteiger partial charge on any atom is 0.342 e. The van der Waals surface area contributed by atoms with Crippen molar-refractivity contribution in [2.75, 3.05) is 0 Å². The van der Waals surface area contributed by atoms with Crippen LogP contribution >= 0.6 is 0 Å². The van der Waals surface area contributed by atoms with Gasteiger partial charge in [-0.1, -0.05) is 49.4 Å². The molecule has 2 aromatic rings. The molecule has 0 aliphatic carbocycles. The van der Waals surface area contributed by atoms with E-state index in [1.807, 2.05) is 36.4 Å². The van der Waals surface area contributed by atoms with E-state index in [0.717, 1.165) is 17.2 Å². The van der Waals surface area contributed by atoms with E-state index in [4.69, 9.17) is 13.0 Å². The third kappa shape index (κ3) is 9.58. The van der Waals surface area contributed by atoms with Crippen LogP contribution in [0.15, 0.2) is 48.5 Å². The number of benzene rings is 2. The Balaban J connectivity index is 2.11. The average Bonchev–Trinajstić information content (AvgIpc) is 2.65. The number of para-hydroxylation sites is 1. The van der Waals surface area contributed by atoms with Crippen LogP contribution in [0.1, 0.15) is 28.4 Å². The predicted molar refractivity (Wildman–Crippen MR) is 142 cm³/mol. The van der Waals surface area contributed by atoms with Crippen LogP contribution in [-0.4, -0.2) is 36.3 Å². The summed E-state index contributed by atoms with van der Waals surface area (Å²) in [5, 5.41) is 10.8. The molecule has 1 atom stereocenters. The van der Waals surface area contributed by atoms with Crippen LogP contribution in [0.2, 0.25) is 51.9 Å². The normalized spacial score (nSPS) is 13.6. The van der Waals surface area contributed by atoms with E-state index in [2.05, 4.69) is 52.8 Å². The highest BCUT2D eigenvalue weighted by Gasteiger charge is 2.41. The zero-order valence-corrected chi connectivity index (χ0v) is 24.4. The van der Waals surface area contributed by atoms with Crippen molar-refractivity contribution in [3.05, 3.63) is 65.2 Å². The number of phenolic OH excluding ortho intramolecular Hbond substituents is 1. The van der Waals surface area contributed by atoms with Gasteiger partial charge in [0.25, 0.3) is 0 Å². The van der Waals surface area contributed by atoms with Gasteiger partial charge in [-0.25, -0.2) is 4.79 Å². The SMILES string of the molecule is CC(Cc1cccc(C(=O)OCc2ccccc2)c1O)C[Si](C)(O[Si](C)(C)C)O[Si](C)(C)C. The fourth-order valence-corrected chi connectivity index (χ4v) is 17.2. The Labute approximate surface area is 202 Å². The van der Waals surface area contributed by atoms with Crippen LogP contribution < -0.4 is 0 Å². The van der Waals surface area contributed by atoms with Crippen molar-refractivity contribution in [1.82, 2.24) is 0 Å². The molecule has 2 aromatic carbocycles. The van der Waals surface area contributed by atoms with Gasteiger partial charge in [-0.05, 0) is 81.4 Å². The van der Waals surface area contributed by atoms with Gasteiger partial charge in [0.05, 0.1) is 0 Å². The van der Waals surface area contributed by atoms with Gasteiger partial charge in [0.2, 0.25) is 0 Å². The molecule has 0 radical (unpaired) electrons. The second-order valence-corrected chi connectivity index (χ2v) is 23.7. The first-order valence-electron chi connectivity index (χ1n) is 11.6. The first kappa shape index (κ1) is 27.5. The Morgan fingerprint density at radius 3 is 2.00 bits per heavy atom. The number of hydrogen-bond acceptors (Lipinski definition) is 5. The zero-order valence-electron chi connectivity index (χ0n) is 21.4. The van der Waals surface area contributed by atoms with E-state index in [-0.39, 0.29) is 23.8 Å². The van der Waals surface area contributed by atoms with Crippen molar-refractivity contribution in [2.45, 2.75) is 71.8 Å². The molecule has 0 aliphatic heterocycles. The van der Waals surface area contributed by atoms with Gasteiger partial charge in [-0.15, -0.1) is 0 Å². The van der Waals surface area contributed by atoms with E-state index in [9.17, 15) is 9.90 Å². The number of rotatable bonds is 11. The van der Waals surface area contributed by atoms with Crippen molar-refractivity contribution in [2.24, 2.45) is 5.92 Å². The lowest BCUT2D eigenvalue weighted by Crippen LogP contribution is -2.53. The summed E-state index contributed by atoms with van der Waals surface area (Å²) < 4.78 is 18.7. The quantitative estimate of drug-likeness (QED) is 0.272. The van der Waals surface area contributed by atoms with E-state index >= 15 is 0 Å². The number of aromatic hydroxyl groups is 1. The number of hydrogen-bond donors (Lipinski definition) is 1. The molecule has 0 saturated carbocycles. The minimum absolute atomic E-state index is 0.00279.